The molecule has 1 aromatic rings. The van der Waals surface area contributed by atoms with E-state index in [2.05, 4.69) is 5.32 Å². The monoisotopic (exact) mass is 261 g/mol. The molecule has 0 aliphatic heterocycles. The average Bonchev–Trinajstić information content (AvgIpc) is 2.25. The van der Waals surface area contributed by atoms with Gasteiger partial charge in [0.2, 0.25) is 0 Å². The molecule has 0 aliphatic carbocycles. The van der Waals surface area contributed by atoms with Crippen LogP contribution in [0.3, 0.4) is 0 Å². The van der Waals surface area contributed by atoms with E-state index in [9.17, 15) is 4.79 Å². The minimum absolute atomic E-state index is 0.0232. The first-order chi connectivity index (χ1) is 7.54. The number of benzene rings is 1. The Labute approximate surface area is 104 Å². The van der Waals surface area contributed by atoms with E-state index in [0.29, 0.717) is 22.2 Å². The van der Waals surface area contributed by atoms with Crippen molar-refractivity contribution in [1.29, 1.82) is 0 Å². The van der Waals surface area contributed by atoms with Gasteiger partial charge in [-0.25, -0.2) is 0 Å². The van der Waals surface area contributed by atoms with E-state index >= 15 is 0 Å². The van der Waals surface area contributed by atoms with Crippen LogP contribution >= 0.6 is 23.2 Å². The van der Waals surface area contributed by atoms with Crippen molar-refractivity contribution in [3.8, 4) is 0 Å². The average molecular weight is 262 g/mol. The summed E-state index contributed by atoms with van der Waals surface area (Å²) >= 11 is 11.6. The maximum Gasteiger partial charge on any atom is 0.252 e. The zero-order chi connectivity index (χ0) is 12.1. The number of hydrogen-bond donors (Lipinski definition) is 2. The van der Waals surface area contributed by atoms with Gasteiger partial charge >= 0.3 is 0 Å². The molecule has 0 bridgehead atoms. The van der Waals surface area contributed by atoms with Gasteiger partial charge in [0.05, 0.1) is 10.6 Å². The van der Waals surface area contributed by atoms with Gasteiger partial charge in [0, 0.05) is 18.2 Å². The predicted octanol–water partition coefficient (Wildman–Crippen LogP) is 2.35. The molecule has 1 atom stereocenters. The summed E-state index contributed by atoms with van der Waals surface area (Å²) in [5.74, 6) is -0.239. The van der Waals surface area contributed by atoms with Crippen molar-refractivity contribution in [2.24, 2.45) is 5.92 Å². The highest BCUT2D eigenvalue weighted by atomic mass is 35.5. The molecule has 88 valence electrons. The molecule has 0 spiro atoms. The van der Waals surface area contributed by atoms with Crippen LogP contribution in [0.2, 0.25) is 10.0 Å². The second kappa shape index (κ2) is 6.09. The minimum Gasteiger partial charge on any atom is -0.396 e. The Kier molecular flexibility index (Phi) is 5.06. The summed E-state index contributed by atoms with van der Waals surface area (Å²) in [5.41, 5.74) is 0.385. The van der Waals surface area contributed by atoms with Crippen LogP contribution in [-0.4, -0.2) is 24.2 Å². The Balaban J connectivity index is 2.66. The third-order valence-electron chi connectivity index (χ3n) is 2.10. The lowest BCUT2D eigenvalue weighted by Gasteiger charge is -2.10. The summed E-state index contributed by atoms with van der Waals surface area (Å²) < 4.78 is 0. The van der Waals surface area contributed by atoms with Crippen molar-refractivity contribution in [2.75, 3.05) is 13.2 Å². The Bertz CT molecular complexity index is 382. The predicted molar refractivity (Wildman–Crippen MR) is 65.0 cm³/mol. The first-order valence-electron chi connectivity index (χ1n) is 4.88. The molecule has 1 aromatic carbocycles. The van der Waals surface area contributed by atoms with Crippen LogP contribution in [0.1, 0.15) is 17.3 Å². The fraction of sp³-hybridized carbons (Fsp3) is 0.364. The molecule has 1 unspecified atom stereocenters. The van der Waals surface area contributed by atoms with Gasteiger partial charge < -0.3 is 10.4 Å². The summed E-state index contributed by atoms with van der Waals surface area (Å²) in [6.45, 7) is 2.28. The standard InChI is InChI=1S/C11H13Cl2NO2/c1-7(6-15)5-14-11(16)9-3-2-8(12)4-10(9)13/h2-4,7,15H,5-6H2,1H3,(H,14,16). The number of aliphatic hydroxyl groups excluding tert-OH is 1. The van der Waals surface area contributed by atoms with Crippen LogP contribution in [0, 0.1) is 5.92 Å². The second-order valence-electron chi connectivity index (χ2n) is 3.62. The van der Waals surface area contributed by atoms with Crippen LogP contribution in [0.25, 0.3) is 0 Å². The normalized spacial score (nSPS) is 12.2. The van der Waals surface area contributed by atoms with Crippen LogP contribution < -0.4 is 5.32 Å². The zero-order valence-corrected chi connectivity index (χ0v) is 10.3. The number of amides is 1. The van der Waals surface area contributed by atoms with E-state index in [1.54, 1.807) is 12.1 Å². The van der Waals surface area contributed by atoms with Crippen LogP contribution in [-0.2, 0) is 0 Å². The lowest BCUT2D eigenvalue weighted by atomic mass is 10.1. The van der Waals surface area contributed by atoms with E-state index in [0.717, 1.165) is 0 Å². The summed E-state index contributed by atoms with van der Waals surface area (Å²) in [4.78, 5) is 11.7. The second-order valence-corrected chi connectivity index (χ2v) is 4.47. The Morgan fingerprint density at radius 1 is 1.50 bits per heavy atom. The molecule has 1 amide bonds. The number of nitrogens with one attached hydrogen (secondary N) is 1. The van der Waals surface area contributed by atoms with E-state index < -0.39 is 0 Å². The largest absolute Gasteiger partial charge is 0.396 e. The third-order valence-corrected chi connectivity index (χ3v) is 2.65. The van der Waals surface area contributed by atoms with Crippen molar-refractivity contribution < 1.29 is 9.90 Å². The van der Waals surface area contributed by atoms with Crippen molar-refractivity contribution in [2.45, 2.75) is 6.92 Å². The molecule has 0 heterocycles. The molecule has 0 saturated carbocycles. The number of hydrogen-bond acceptors (Lipinski definition) is 2. The smallest absolute Gasteiger partial charge is 0.252 e. The number of aliphatic hydroxyl groups is 1. The lowest BCUT2D eigenvalue weighted by Crippen LogP contribution is -2.29. The minimum atomic E-state index is -0.262. The Morgan fingerprint density at radius 3 is 2.75 bits per heavy atom. The molecule has 0 radical (unpaired) electrons. The molecule has 0 fully saturated rings. The lowest BCUT2D eigenvalue weighted by molar-refractivity contribution is 0.0942. The maximum absolute atomic E-state index is 11.7. The molecule has 0 aliphatic rings. The molecule has 2 N–H and O–H groups in total. The zero-order valence-electron chi connectivity index (χ0n) is 8.84. The van der Waals surface area contributed by atoms with Gasteiger partial charge in [-0.3, -0.25) is 4.79 Å². The first kappa shape index (κ1) is 13.3. The van der Waals surface area contributed by atoms with Crippen LogP contribution in [0.5, 0.6) is 0 Å². The van der Waals surface area contributed by atoms with Crippen molar-refractivity contribution >= 4 is 29.1 Å². The summed E-state index contributed by atoms with van der Waals surface area (Å²) in [6.07, 6.45) is 0. The van der Waals surface area contributed by atoms with E-state index in [1.165, 1.54) is 6.07 Å². The van der Waals surface area contributed by atoms with E-state index in [-0.39, 0.29) is 18.4 Å². The Hall–Kier alpha value is -0.770. The molecule has 0 saturated heterocycles. The molecule has 16 heavy (non-hydrogen) atoms. The summed E-state index contributed by atoms with van der Waals surface area (Å²) in [5, 5.41) is 12.3. The van der Waals surface area contributed by atoms with Gasteiger partial charge in [0.1, 0.15) is 0 Å². The number of carbonyl (C=O) groups excluding carboxylic acids is 1. The van der Waals surface area contributed by atoms with E-state index in [1.807, 2.05) is 6.92 Å². The molecule has 0 aromatic heterocycles. The number of carbonyl (C=O) groups is 1. The van der Waals surface area contributed by atoms with Gasteiger partial charge in [-0.15, -0.1) is 0 Å². The molecular formula is C11H13Cl2NO2. The number of halogens is 2. The molecular weight excluding hydrogens is 249 g/mol. The molecule has 1 rings (SSSR count). The number of rotatable bonds is 4. The van der Waals surface area contributed by atoms with Crippen LogP contribution in [0.15, 0.2) is 18.2 Å². The third kappa shape index (κ3) is 3.67. The fourth-order valence-electron chi connectivity index (χ4n) is 1.10. The van der Waals surface area contributed by atoms with E-state index in [4.69, 9.17) is 28.3 Å². The Morgan fingerprint density at radius 2 is 2.19 bits per heavy atom. The summed E-state index contributed by atoms with van der Waals surface area (Å²) in [6, 6.07) is 4.70. The van der Waals surface area contributed by atoms with Gasteiger partial charge in [-0.05, 0) is 24.1 Å². The van der Waals surface area contributed by atoms with Gasteiger partial charge in [-0.2, -0.15) is 0 Å². The highest BCUT2D eigenvalue weighted by molar-refractivity contribution is 6.36. The van der Waals surface area contributed by atoms with Gasteiger partial charge in [0.15, 0.2) is 0 Å². The molecule has 5 heteroatoms. The highest BCUT2D eigenvalue weighted by Crippen LogP contribution is 2.20. The quantitative estimate of drug-likeness (QED) is 0.875. The maximum atomic E-state index is 11.7. The molecule has 3 nitrogen and oxygen atoms in total. The SMILES string of the molecule is CC(CO)CNC(=O)c1ccc(Cl)cc1Cl. The van der Waals surface area contributed by atoms with Crippen molar-refractivity contribution in [3.05, 3.63) is 33.8 Å². The topological polar surface area (TPSA) is 49.3 Å². The first-order valence-corrected chi connectivity index (χ1v) is 5.64. The summed E-state index contributed by atoms with van der Waals surface area (Å²) in [7, 11) is 0. The van der Waals surface area contributed by atoms with Crippen LogP contribution in [0.4, 0.5) is 0 Å². The van der Waals surface area contributed by atoms with Gasteiger partial charge in [-0.1, -0.05) is 30.1 Å². The van der Waals surface area contributed by atoms with Gasteiger partial charge in [0.25, 0.3) is 5.91 Å². The highest BCUT2D eigenvalue weighted by Gasteiger charge is 2.11. The van der Waals surface area contributed by atoms with Crippen molar-refractivity contribution in [3.63, 3.8) is 0 Å². The fourth-order valence-corrected chi connectivity index (χ4v) is 1.59. The van der Waals surface area contributed by atoms with Crippen molar-refractivity contribution in [1.82, 2.24) is 5.32 Å².